The second-order valence-corrected chi connectivity index (χ2v) is 9.13. The molecule has 2 amide bonds. The van der Waals surface area contributed by atoms with E-state index in [4.69, 9.17) is 4.74 Å². The van der Waals surface area contributed by atoms with E-state index < -0.39 is 5.60 Å². The minimum Gasteiger partial charge on any atom is -0.359 e. The SMILES string of the molecule is O=C(/C=C\c1ccccc1)N1C(=O)CC[C@H]1COC(c1ccccc1)(c1ccccc1)c1ccccc1. The normalized spacial score (nSPS) is 15.8. The van der Waals surface area contributed by atoms with E-state index in [0.29, 0.717) is 12.8 Å². The molecule has 0 aromatic heterocycles. The van der Waals surface area contributed by atoms with Crippen molar-refractivity contribution in [2.24, 2.45) is 0 Å². The highest BCUT2D eigenvalue weighted by molar-refractivity contribution is 6.04. The van der Waals surface area contributed by atoms with Gasteiger partial charge in [0.25, 0.3) is 5.91 Å². The molecule has 1 aliphatic rings. The second-order valence-electron chi connectivity index (χ2n) is 9.13. The summed E-state index contributed by atoms with van der Waals surface area (Å²) in [6.07, 6.45) is 4.12. The van der Waals surface area contributed by atoms with E-state index in [-0.39, 0.29) is 24.5 Å². The Bertz CT molecular complexity index is 1260. The maximum absolute atomic E-state index is 13.1. The summed E-state index contributed by atoms with van der Waals surface area (Å²) in [7, 11) is 0. The second kappa shape index (κ2) is 11.2. The third-order valence-corrected chi connectivity index (χ3v) is 6.81. The Morgan fingerprint density at radius 2 is 1.22 bits per heavy atom. The van der Waals surface area contributed by atoms with E-state index in [9.17, 15) is 9.59 Å². The highest BCUT2D eigenvalue weighted by Gasteiger charge is 2.41. The number of hydrogen-bond acceptors (Lipinski definition) is 3. The van der Waals surface area contributed by atoms with Gasteiger partial charge in [0.05, 0.1) is 12.6 Å². The molecule has 4 aromatic rings. The number of hydrogen-bond donors (Lipinski definition) is 0. The number of ether oxygens (including phenoxy) is 1. The Morgan fingerprint density at radius 1 is 0.757 bits per heavy atom. The lowest BCUT2D eigenvalue weighted by molar-refractivity contribution is -0.142. The number of nitrogens with zero attached hydrogens (tertiary/aromatic N) is 1. The van der Waals surface area contributed by atoms with E-state index in [1.54, 1.807) is 6.08 Å². The maximum atomic E-state index is 13.1. The molecule has 0 unspecified atom stereocenters. The third kappa shape index (κ3) is 5.16. The molecule has 1 saturated heterocycles. The van der Waals surface area contributed by atoms with Gasteiger partial charge in [0.1, 0.15) is 5.60 Å². The fraction of sp³-hybridized carbons (Fsp3) is 0.152. The average Bonchev–Trinajstić information content (AvgIpc) is 3.34. The first-order chi connectivity index (χ1) is 18.2. The van der Waals surface area contributed by atoms with E-state index in [1.807, 2.05) is 84.9 Å². The van der Waals surface area contributed by atoms with Crippen LogP contribution in [0.2, 0.25) is 0 Å². The summed E-state index contributed by atoms with van der Waals surface area (Å²) in [6.45, 7) is 0.218. The van der Waals surface area contributed by atoms with Crippen LogP contribution in [-0.4, -0.2) is 29.4 Å². The van der Waals surface area contributed by atoms with Gasteiger partial charge in [-0.25, -0.2) is 0 Å². The van der Waals surface area contributed by atoms with Gasteiger partial charge in [-0.3, -0.25) is 14.5 Å². The number of likely N-dealkylation sites (tertiary alicyclic amines) is 1. The topological polar surface area (TPSA) is 46.6 Å². The first-order valence-corrected chi connectivity index (χ1v) is 12.6. The molecule has 0 saturated carbocycles. The fourth-order valence-electron chi connectivity index (χ4n) is 5.01. The molecular formula is C33H29NO3. The summed E-state index contributed by atoms with van der Waals surface area (Å²) < 4.78 is 6.89. The number of carbonyl (C=O) groups excluding carboxylic acids is 2. The van der Waals surface area contributed by atoms with Crippen LogP contribution in [0.5, 0.6) is 0 Å². The molecule has 4 heteroatoms. The summed E-state index contributed by atoms with van der Waals surface area (Å²) in [5.41, 5.74) is 2.96. The zero-order valence-corrected chi connectivity index (χ0v) is 20.6. The molecule has 1 heterocycles. The van der Waals surface area contributed by atoms with Crippen LogP contribution < -0.4 is 0 Å². The fourth-order valence-corrected chi connectivity index (χ4v) is 5.01. The van der Waals surface area contributed by atoms with Gasteiger partial charge in [-0.2, -0.15) is 0 Å². The Balaban J connectivity index is 1.48. The van der Waals surface area contributed by atoms with Crippen molar-refractivity contribution in [3.8, 4) is 0 Å². The maximum Gasteiger partial charge on any atom is 0.253 e. The average molecular weight is 488 g/mol. The molecular weight excluding hydrogens is 458 g/mol. The van der Waals surface area contributed by atoms with Crippen LogP contribution in [0.3, 0.4) is 0 Å². The number of benzene rings is 4. The number of imide groups is 1. The van der Waals surface area contributed by atoms with Gasteiger partial charge in [0.15, 0.2) is 0 Å². The Kier molecular flexibility index (Phi) is 7.38. The molecule has 0 spiro atoms. The van der Waals surface area contributed by atoms with Crippen molar-refractivity contribution >= 4 is 17.9 Å². The van der Waals surface area contributed by atoms with Crippen molar-refractivity contribution in [1.82, 2.24) is 4.90 Å². The molecule has 0 radical (unpaired) electrons. The lowest BCUT2D eigenvalue weighted by Gasteiger charge is -2.37. The van der Waals surface area contributed by atoms with Crippen LogP contribution in [0.4, 0.5) is 0 Å². The Hall–Kier alpha value is -4.28. The summed E-state index contributed by atoms with van der Waals surface area (Å²) >= 11 is 0. The van der Waals surface area contributed by atoms with Crippen LogP contribution in [0, 0.1) is 0 Å². The van der Waals surface area contributed by atoms with Crippen LogP contribution in [0.1, 0.15) is 35.1 Å². The number of rotatable bonds is 8. The highest BCUT2D eigenvalue weighted by Crippen LogP contribution is 2.41. The van der Waals surface area contributed by atoms with Crippen molar-refractivity contribution in [2.45, 2.75) is 24.5 Å². The highest BCUT2D eigenvalue weighted by atomic mass is 16.5. The van der Waals surface area contributed by atoms with Crippen LogP contribution in [0.15, 0.2) is 127 Å². The molecule has 184 valence electrons. The van der Waals surface area contributed by atoms with E-state index in [0.717, 1.165) is 22.3 Å². The monoisotopic (exact) mass is 487 g/mol. The van der Waals surface area contributed by atoms with Crippen molar-refractivity contribution in [3.63, 3.8) is 0 Å². The summed E-state index contributed by atoms with van der Waals surface area (Å²) in [4.78, 5) is 27.3. The molecule has 0 bridgehead atoms. The molecule has 1 fully saturated rings. The molecule has 1 atom stereocenters. The summed E-state index contributed by atoms with van der Waals surface area (Å²) in [5, 5.41) is 0. The van der Waals surface area contributed by atoms with Gasteiger partial charge >= 0.3 is 0 Å². The Labute approximate surface area is 217 Å². The van der Waals surface area contributed by atoms with Crippen molar-refractivity contribution in [3.05, 3.63) is 150 Å². The zero-order chi connectivity index (χ0) is 25.5. The summed E-state index contributed by atoms with van der Waals surface area (Å²) in [5.74, 6) is -0.481. The molecule has 0 N–H and O–H groups in total. The lowest BCUT2D eigenvalue weighted by atomic mass is 9.80. The molecule has 1 aliphatic heterocycles. The van der Waals surface area contributed by atoms with Crippen LogP contribution >= 0.6 is 0 Å². The predicted molar refractivity (Wildman–Crippen MR) is 146 cm³/mol. The van der Waals surface area contributed by atoms with Gasteiger partial charge in [-0.15, -0.1) is 0 Å². The predicted octanol–water partition coefficient (Wildman–Crippen LogP) is 6.23. The van der Waals surface area contributed by atoms with Gasteiger partial charge in [0.2, 0.25) is 5.91 Å². The first-order valence-electron chi connectivity index (χ1n) is 12.6. The van der Waals surface area contributed by atoms with Gasteiger partial charge < -0.3 is 4.74 Å². The van der Waals surface area contributed by atoms with E-state index in [2.05, 4.69) is 36.4 Å². The lowest BCUT2D eigenvalue weighted by Crippen LogP contribution is -2.43. The van der Waals surface area contributed by atoms with Gasteiger partial charge in [-0.1, -0.05) is 121 Å². The largest absolute Gasteiger partial charge is 0.359 e. The standard InChI is InChI=1S/C33H29NO3/c35-31(23-21-26-13-5-1-6-14-26)34-30(22-24-32(34)36)25-37-33(27-15-7-2-8-16-27,28-17-9-3-10-18-28)29-19-11-4-12-20-29/h1-21,23,30H,22,24-25H2/b23-21-/t30-/m0/s1. The smallest absolute Gasteiger partial charge is 0.253 e. The minimum absolute atomic E-state index is 0.166. The molecule has 0 aliphatic carbocycles. The minimum atomic E-state index is -0.899. The quantitative estimate of drug-likeness (QED) is 0.219. The summed E-state index contributed by atoms with van der Waals surface area (Å²) in [6, 6.07) is 39.6. The number of amides is 2. The molecule has 4 aromatic carbocycles. The molecule has 37 heavy (non-hydrogen) atoms. The van der Waals surface area contributed by atoms with E-state index in [1.165, 1.54) is 11.0 Å². The number of carbonyl (C=O) groups is 2. The van der Waals surface area contributed by atoms with Crippen molar-refractivity contribution < 1.29 is 14.3 Å². The third-order valence-electron chi connectivity index (χ3n) is 6.81. The van der Waals surface area contributed by atoms with Gasteiger partial charge in [0, 0.05) is 12.5 Å². The van der Waals surface area contributed by atoms with E-state index >= 15 is 0 Å². The first kappa shape index (κ1) is 24.4. The van der Waals surface area contributed by atoms with Crippen molar-refractivity contribution in [1.29, 1.82) is 0 Å². The Morgan fingerprint density at radius 3 is 1.70 bits per heavy atom. The van der Waals surface area contributed by atoms with Crippen LogP contribution in [-0.2, 0) is 19.9 Å². The van der Waals surface area contributed by atoms with Gasteiger partial charge in [-0.05, 0) is 34.8 Å². The van der Waals surface area contributed by atoms with Crippen LogP contribution in [0.25, 0.3) is 6.08 Å². The zero-order valence-electron chi connectivity index (χ0n) is 20.6. The molecule has 5 rings (SSSR count). The molecule has 4 nitrogen and oxygen atoms in total. The van der Waals surface area contributed by atoms with Crippen molar-refractivity contribution in [2.75, 3.05) is 6.61 Å².